The average Bonchev–Trinajstić information content (AvgIpc) is 3.05. The summed E-state index contributed by atoms with van der Waals surface area (Å²) in [5, 5.41) is 12.2. The van der Waals surface area contributed by atoms with Crippen LogP contribution in [0, 0.1) is 0 Å². The second-order valence-corrected chi connectivity index (χ2v) is 6.10. The number of hydrogen-bond acceptors (Lipinski definition) is 6. The van der Waals surface area contributed by atoms with E-state index in [1.54, 1.807) is 26.4 Å². The smallest absolute Gasteiger partial charge is 0.250 e. The van der Waals surface area contributed by atoms with Gasteiger partial charge < -0.3 is 9.47 Å². The molecule has 0 aliphatic carbocycles. The number of rotatable bonds is 8. The highest BCUT2D eigenvalue weighted by molar-refractivity contribution is 7.15. The van der Waals surface area contributed by atoms with Crippen molar-refractivity contribution in [3.8, 4) is 11.5 Å². The first kappa shape index (κ1) is 17.9. The minimum Gasteiger partial charge on any atom is -0.497 e. The molecule has 0 saturated carbocycles. The van der Waals surface area contributed by atoms with Crippen LogP contribution < -0.4 is 14.8 Å². The molecule has 1 aromatic heterocycles. The Hall–Kier alpha value is -2.41. The van der Waals surface area contributed by atoms with Gasteiger partial charge in [0.2, 0.25) is 11.0 Å². The number of carbonyl (C=O) groups excluding carboxylic acids is 1. The highest BCUT2D eigenvalue weighted by Crippen LogP contribution is 2.25. The van der Waals surface area contributed by atoms with Gasteiger partial charge in [0.05, 0.1) is 14.2 Å². The van der Waals surface area contributed by atoms with Crippen molar-refractivity contribution in [2.45, 2.75) is 26.2 Å². The van der Waals surface area contributed by atoms with E-state index in [0.717, 1.165) is 29.8 Å². The molecule has 0 radical (unpaired) electrons. The molecular formula is C17H21N3O3S. The first-order valence-corrected chi connectivity index (χ1v) is 8.51. The third-order valence-corrected chi connectivity index (χ3v) is 4.19. The second-order valence-electron chi connectivity index (χ2n) is 5.03. The fraction of sp³-hybridized carbons (Fsp3) is 0.353. The molecule has 1 amide bonds. The van der Waals surface area contributed by atoms with Gasteiger partial charge in [-0.15, -0.1) is 10.2 Å². The van der Waals surface area contributed by atoms with Crippen molar-refractivity contribution in [2.24, 2.45) is 0 Å². The van der Waals surface area contributed by atoms with E-state index in [1.165, 1.54) is 17.4 Å². The molecule has 2 rings (SSSR count). The van der Waals surface area contributed by atoms with Crippen molar-refractivity contribution < 1.29 is 14.3 Å². The van der Waals surface area contributed by atoms with E-state index in [0.29, 0.717) is 16.6 Å². The molecule has 1 N–H and O–H groups in total. The first-order valence-electron chi connectivity index (χ1n) is 7.69. The fourth-order valence-corrected chi connectivity index (χ4v) is 2.79. The van der Waals surface area contributed by atoms with Crippen molar-refractivity contribution >= 4 is 28.5 Å². The number of nitrogens with one attached hydrogen (secondary N) is 1. The van der Waals surface area contributed by atoms with Crippen LogP contribution >= 0.6 is 11.3 Å². The standard InChI is InChI=1S/C17H21N3O3S/c1-4-5-6-16-19-20-17(24-16)18-15(21)10-8-12-7-9-13(22-2)11-14(12)23-3/h7-11H,4-6H2,1-3H3,(H,18,20,21). The van der Waals surface area contributed by atoms with E-state index in [-0.39, 0.29) is 5.91 Å². The minimum atomic E-state index is -0.258. The van der Waals surface area contributed by atoms with Crippen molar-refractivity contribution in [1.29, 1.82) is 0 Å². The van der Waals surface area contributed by atoms with Gasteiger partial charge in [0, 0.05) is 24.1 Å². The molecule has 24 heavy (non-hydrogen) atoms. The van der Waals surface area contributed by atoms with Crippen LogP contribution in [-0.2, 0) is 11.2 Å². The zero-order valence-corrected chi connectivity index (χ0v) is 14.9. The van der Waals surface area contributed by atoms with Crippen LogP contribution in [0.5, 0.6) is 11.5 Å². The number of nitrogens with zero attached hydrogens (tertiary/aromatic N) is 2. The lowest BCUT2D eigenvalue weighted by Crippen LogP contribution is -2.07. The highest BCUT2D eigenvalue weighted by atomic mass is 32.1. The maximum atomic E-state index is 12.0. The van der Waals surface area contributed by atoms with Crippen LogP contribution in [0.15, 0.2) is 24.3 Å². The van der Waals surface area contributed by atoms with Crippen LogP contribution in [0.1, 0.15) is 30.3 Å². The predicted octanol–water partition coefficient (Wildman–Crippen LogP) is 3.55. The van der Waals surface area contributed by atoms with E-state index >= 15 is 0 Å². The first-order chi connectivity index (χ1) is 11.7. The maximum absolute atomic E-state index is 12.0. The van der Waals surface area contributed by atoms with E-state index in [9.17, 15) is 4.79 Å². The molecule has 7 heteroatoms. The van der Waals surface area contributed by atoms with E-state index < -0.39 is 0 Å². The van der Waals surface area contributed by atoms with Crippen molar-refractivity contribution in [3.63, 3.8) is 0 Å². The topological polar surface area (TPSA) is 73.3 Å². The van der Waals surface area contributed by atoms with Gasteiger partial charge in [-0.05, 0) is 24.6 Å². The SMILES string of the molecule is CCCCc1nnc(NC(=O)C=Cc2ccc(OC)cc2OC)s1. The van der Waals surface area contributed by atoms with Crippen molar-refractivity contribution in [1.82, 2.24) is 10.2 Å². The van der Waals surface area contributed by atoms with Crippen LogP contribution in [0.25, 0.3) is 6.08 Å². The Balaban J connectivity index is 1.99. The molecule has 1 aromatic carbocycles. The van der Waals surface area contributed by atoms with Gasteiger partial charge in [-0.2, -0.15) is 0 Å². The van der Waals surface area contributed by atoms with Gasteiger partial charge in [0.25, 0.3) is 0 Å². The van der Waals surface area contributed by atoms with Gasteiger partial charge in [0.15, 0.2) is 0 Å². The molecule has 0 atom stereocenters. The summed E-state index contributed by atoms with van der Waals surface area (Å²) in [5.41, 5.74) is 0.786. The largest absolute Gasteiger partial charge is 0.497 e. The summed E-state index contributed by atoms with van der Waals surface area (Å²) in [4.78, 5) is 12.0. The number of unbranched alkanes of at least 4 members (excludes halogenated alkanes) is 1. The van der Waals surface area contributed by atoms with Gasteiger partial charge >= 0.3 is 0 Å². The number of aryl methyl sites for hydroxylation is 1. The van der Waals surface area contributed by atoms with Crippen molar-refractivity contribution in [2.75, 3.05) is 19.5 Å². The van der Waals surface area contributed by atoms with Crippen LogP contribution in [0.4, 0.5) is 5.13 Å². The number of carbonyl (C=O) groups is 1. The number of benzene rings is 1. The number of methoxy groups -OCH3 is 2. The third-order valence-electron chi connectivity index (χ3n) is 3.30. The fourth-order valence-electron chi connectivity index (χ4n) is 2.00. The summed E-state index contributed by atoms with van der Waals surface area (Å²) in [6, 6.07) is 5.41. The lowest BCUT2D eigenvalue weighted by atomic mass is 10.1. The second kappa shape index (κ2) is 9.02. The summed E-state index contributed by atoms with van der Waals surface area (Å²) >= 11 is 1.41. The van der Waals surface area contributed by atoms with Gasteiger partial charge in [-0.3, -0.25) is 10.1 Å². The Labute approximate surface area is 145 Å². The van der Waals surface area contributed by atoms with Crippen molar-refractivity contribution in [3.05, 3.63) is 34.8 Å². The molecule has 0 spiro atoms. The van der Waals surface area contributed by atoms with Gasteiger partial charge in [-0.25, -0.2) is 0 Å². The summed E-state index contributed by atoms with van der Waals surface area (Å²) < 4.78 is 10.4. The quantitative estimate of drug-likeness (QED) is 0.739. The number of ether oxygens (including phenoxy) is 2. The Morgan fingerprint density at radius 3 is 2.83 bits per heavy atom. The molecule has 6 nitrogen and oxygen atoms in total. The lowest BCUT2D eigenvalue weighted by molar-refractivity contribution is -0.111. The van der Waals surface area contributed by atoms with E-state index in [4.69, 9.17) is 9.47 Å². The summed E-state index contributed by atoms with van der Waals surface area (Å²) in [5.74, 6) is 1.07. The summed E-state index contributed by atoms with van der Waals surface area (Å²) in [6.45, 7) is 2.13. The molecule has 0 saturated heterocycles. The van der Waals surface area contributed by atoms with Crippen LogP contribution in [-0.4, -0.2) is 30.3 Å². The highest BCUT2D eigenvalue weighted by Gasteiger charge is 2.07. The maximum Gasteiger partial charge on any atom is 0.250 e. The molecule has 0 unspecified atom stereocenters. The number of amides is 1. The summed E-state index contributed by atoms with van der Waals surface area (Å²) in [7, 11) is 3.17. The van der Waals surface area contributed by atoms with E-state index in [2.05, 4.69) is 22.4 Å². The summed E-state index contributed by atoms with van der Waals surface area (Å²) in [6.07, 6.45) is 6.19. The molecule has 1 heterocycles. The number of hydrogen-bond donors (Lipinski definition) is 1. The predicted molar refractivity (Wildman–Crippen MR) is 95.7 cm³/mol. The Morgan fingerprint density at radius 1 is 1.29 bits per heavy atom. The van der Waals surface area contributed by atoms with Gasteiger partial charge in [-0.1, -0.05) is 24.7 Å². The zero-order valence-electron chi connectivity index (χ0n) is 14.0. The van der Waals surface area contributed by atoms with Crippen LogP contribution in [0.2, 0.25) is 0 Å². The monoisotopic (exact) mass is 347 g/mol. The Bertz CT molecular complexity index is 713. The molecule has 0 bridgehead atoms. The van der Waals surface area contributed by atoms with E-state index in [1.807, 2.05) is 12.1 Å². The average molecular weight is 347 g/mol. The third kappa shape index (κ3) is 5.06. The normalized spacial score (nSPS) is 10.8. The molecular weight excluding hydrogens is 326 g/mol. The minimum absolute atomic E-state index is 0.258. The zero-order chi connectivity index (χ0) is 17.4. The van der Waals surface area contributed by atoms with Crippen LogP contribution in [0.3, 0.4) is 0 Å². The lowest BCUT2D eigenvalue weighted by Gasteiger charge is -2.07. The Kier molecular flexibility index (Phi) is 6.74. The number of aromatic nitrogens is 2. The molecule has 0 aliphatic rings. The molecule has 0 aliphatic heterocycles. The Morgan fingerprint density at radius 2 is 2.12 bits per heavy atom. The molecule has 2 aromatic rings. The molecule has 128 valence electrons. The number of anilines is 1. The van der Waals surface area contributed by atoms with Gasteiger partial charge in [0.1, 0.15) is 16.5 Å². The molecule has 0 fully saturated rings.